The minimum Gasteiger partial charge on any atom is -0.493 e. The molecule has 0 saturated carbocycles. The van der Waals surface area contributed by atoms with Gasteiger partial charge in [-0.05, 0) is 80.6 Å². The van der Waals surface area contributed by atoms with Crippen molar-refractivity contribution in [1.29, 1.82) is 0 Å². The number of anilines is 3. The molecule has 1 amide bonds. The average Bonchev–Trinajstić information content (AvgIpc) is 2.95. The second kappa shape index (κ2) is 12.0. The van der Waals surface area contributed by atoms with Gasteiger partial charge in [0.1, 0.15) is 0 Å². The number of sulfonamides is 2. The number of carbonyl (C=O) groups excluding carboxylic acids is 1. The summed E-state index contributed by atoms with van der Waals surface area (Å²) in [5.41, 5.74) is 2.20. The molecule has 12 nitrogen and oxygen atoms in total. The summed E-state index contributed by atoms with van der Waals surface area (Å²) in [7, 11) is -3.62. The van der Waals surface area contributed by atoms with Crippen LogP contribution in [0, 0.1) is 13.8 Å². The largest absolute Gasteiger partial charge is 0.493 e. The van der Waals surface area contributed by atoms with E-state index in [1.807, 2.05) is 0 Å². The highest BCUT2D eigenvalue weighted by Crippen LogP contribution is 2.31. The van der Waals surface area contributed by atoms with Crippen molar-refractivity contribution in [1.82, 2.24) is 9.97 Å². The molecular weight excluding hydrogens is 582 g/mol. The highest BCUT2D eigenvalue weighted by atomic mass is 32.2. The fourth-order valence-electron chi connectivity index (χ4n) is 3.97. The van der Waals surface area contributed by atoms with Crippen molar-refractivity contribution in [2.24, 2.45) is 0 Å². The van der Waals surface area contributed by atoms with E-state index < -0.39 is 26.0 Å². The normalized spacial score (nSPS) is 11.5. The number of benzene rings is 3. The van der Waals surface area contributed by atoms with Crippen LogP contribution >= 0.6 is 0 Å². The molecule has 3 aromatic carbocycles. The summed E-state index contributed by atoms with van der Waals surface area (Å²) in [6.07, 6.45) is 0. The molecule has 0 radical (unpaired) electrons. The van der Waals surface area contributed by atoms with Crippen molar-refractivity contribution < 1.29 is 31.1 Å². The Morgan fingerprint density at radius 3 is 1.90 bits per heavy atom. The number of ether oxygens (including phenoxy) is 2. The Kier molecular flexibility index (Phi) is 8.68. The lowest BCUT2D eigenvalue weighted by molar-refractivity contribution is 0.102. The van der Waals surface area contributed by atoms with Crippen molar-refractivity contribution in [3.05, 3.63) is 89.7 Å². The molecule has 4 rings (SSSR count). The average molecular weight is 612 g/mol. The zero-order chi connectivity index (χ0) is 30.7. The molecule has 0 aliphatic carbocycles. The minimum absolute atomic E-state index is 0.00616. The summed E-state index contributed by atoms with van der Waals surface area (Å²) in [5.74, 6) is 0.172. The first-order chi connectivity index (χ1) is 19.8. The maximum absolute atomic E-state index is 13.2. The quantitative estimate of drug-likeness (QED) is 0.271. The van der Waals surface area contributed by atoms with Crippen LogP contribution in [0.3, 0.4) is 0 Å². The molecule has 1 heterocycles. The fourth-order valence-corrected chi connectivity index (χ4v) is 6.12. The maximum atomic E-state index is 13.2. The number of nitrogens with one attached hydrogen (secondary N) is 2. The summed E-state index contributed by atoms with van der Waals surface area (Å²) in [5, 5.41) is 2.69. The van der Waals surface area contributed by atoms with Crippen molar-refractivity contribution >= 4 is 43.3 Å². The number of hydrogen-bond acceptors (Lipinski definition) is 9. The third-order valence-electron chi connectivity index (χ3n) is 6.14. The van der Waals surface area contributed by atoms with E-state index in [4.69, 9.17) is 9.47 Å². The summed E-state index contributed by atoms with van der Waals surface area (Å²) in [4.78, 5) is 21.0. The molecule has 0 fully saturated rings. The number of aromatic nitrogens is 2. The van der Waals surface area contributed by atoms with Gasteiger partial charge in [-0.25, -0.2) is 31.5 Å². The van der Waals surface area contributed by atoms with E-state index >= 15 is 0 Å². The van der Waals surface area contributed by atoms with Gasteiger partial charge in [-0.15, -0.1) is 0 Å². The predicted molar refractivity (Wildman–Crippen MR) is 158 cm³/mol. The molecule has 4 aromatic rings. The zero-order valence-corrected chi connectivity index (χ0v) is 25.1. The third-order valence-corrected chi connectivity index (χ3v) is 9.26. The standard InChI is InChI=1S/C28H29N5O7S2/c1-18-16-19(2)30-28(29-18)32-41(35,36)23-12-8-21(9-13-23)31-27(34)20-6-10-22(11-7-20)33(3)42(37,38)24-14-15-25(39-4)26(17-24)40-5/h6-17H,1-5H3,(H,31,34)(H,29,30,32). The molecule has 0 aliphatic rings. The van der Waals surface area contributed by atoms with E-state index in [2.05, 4.69) is 20.0 Å². The second-order valence-electron chi connectivity index (χ2n) is 9.09. The van der Waals surface area contributed by atoms with E-state index in [9.17, 15) is 21.6 Å². The number of nitrogens with zero attached hydrogens (tertiary/aromatic N) is 3. The van der Waals surface area contributed by atoms with Gasteiger partial charge in [0.15, 0.2) is 11.5 Å². The zero-order valence-electron chi connectivity index (χ0n) is 23.4. The smallest absolute Gasteiger partial charge is 0.264 e. The highest BCUT2D eigenvalue weighted by molar-refractivity contribution is 7.93. The molecular formula is C28H29N5O7S2. The van der Waals surface area contributed by atoms with Gasteiger partial charge < -0.3 is 14.8 Å². The summed E-state index contributed by atoms with van der Waals surface area (Å²) in [6, 6.07) is 17.6. The number of carbonyl (C=O) groups is 1. The van der Waals surface area contributed by atoms with Crippen molar-refractivity contribution in [2.45, 2.75) is 23.6 Å². The predicted octanol–water partition coefficient (Wildman–Crippen LogP) is 3.99. The molecule has 0 atom stereocenters. The fraction of sp³-hybridized carbons (Fsp3) is 0.179. The lowest BCUT2D eigenvalue weighted by atomic mass is 10.2. The van der Waals surface area contributed by atoms with Gasteiger partial charge in [0, 0.05) is 35.8 Å². The number of hydrogen-bond donors (Lipinski definition) is 2. The summed E-state index contributed by atoms with van der Waals surface area (Å²) >= 11 is 0. The molecule has 0 unspecified atom stereocenters. The Morgan fingerprint density at radius 2 is 1.33 bits per heavy atom. The van der Waals surface area contributed by atoms with Gasteiger partial charge in [-0.1, -0.05) is 0 Å². The highest BCUT2D eigenvalue weighted by Gasteiger charge is 2.23. The van der Waals surface area contributed by atoms with Gasteiger partial charge in [-0.3, -0.25) is 9.10 Å². The molecule has 220 valence electrons. The number of rotatable bonds is 10. The van der Waals surface area contributed by atoms with Crippen LogP contribution in [0.1, 0.15) is 21.7 Å². The number of aryl methyl sites for hydroxylation is 2. The first kappa shape index (κ1) is 30.3. The van der Waals surface area contributed by atoms with Crippen molar-refractivity contribution in [3.8, 4) is 11.5 Å². The SMILES string of the molecule is COc1ccc(S(=O)(=O)N(C)c2ccc(C(=O)Nc3ccc(S(=O)(=O)Nc4nc(C)cc(C)n4)cc3)cc2)cc1OC. The van der Waals surface area contributed by atoms with Crippen LogP contribution in [-0.4, -0.2) is 54.0 Å². The first-order valence-corrected chi connectivity index (χ1v) is 15.3. The van der Waals surface area contributed by atoms with Gasteiger partial charge in [-0.2, -0.15) is 0 Å². The molecule has 42 heavy (non-hydrogen) atoms. The van der Waals surface area contributed by atoms with Crippen LogP contribution in [0.4, 0.5) is 17.3 Å². The Labute approximate surface area is 244 Å². The Morgan fingerprint density at radius 1 is 0.762 bits per heavy atom. The monoisotopic (exact) mass is 611 g/mol. The number of amides is 1. The first-order valence-electron chi connectivity index (χ1n) is 12.4. The Balaban J connectivity index is 1.44. The van der Waals surface area contributed by atoms with Crippen LogP contribution in [-0.2, 0) is 20.0 Å². The second-order valence-corrected chi connectivity index (χ2v) is 12.7. The minimum atomic E-state index is -3.95. The van der Waals surface area contributed by atoms with E-state index in [1.165, 1.54) is 88.0 Å². The maximum Gasteiger partial charge on any atom is 0.264 e. The van der Waals surface area contributed by atoms with Crippen LogP contribution in [0.2, 0.25) is 0 Å². The number of methoxy groups -OCH3 is 2. The molecule has 0 aliphatic heterocycles. The summed E-state index contributed by atoms with van der Waals surface area (Å²) in [6.45, 7) is 3.47. The van der Waals surface area contributed by atoms with E-state index in [1.54, 1.807) is 19.9 Å². The Hall–Kier alpha value is -4.69. The van der Waals surface area contributed by atoms with Gasteiger partial charge in [0.2, 0.25) is 5.95 Å². The van der Waals surface area contributed by atoms with E-state index in [-0.39, 0.29) is 27.1 Å². The van der Waals surface area contributed by atoms with Gasteiger partial charge in [0.25, 0.3) is 26.0 Å². The molecule has 2 N–H and O–H groups in total. The van der Waals surface area contributed by atoms with E-state index in [0.29, 0.717) is 28.5 Å². The lowest BCUT2D eigenvalue weighted by Crippen LogP contribution is -2.26. The van der Waals surface area contributed by atoms with Gasteiger partial charge >= 0.3 is 0 Å². The molecule has 0 saturated heterocycles. The van der Waals surface area contributed by atoms with Crippen LogP contribution in [0.25, 0.3) is 0 Å². The molecule has 14 heteroatoms. The van der Waals surface area contributed by atoms with E-state index in [0.717, 1.165) is 4.31 Å². The summed E-state index contributed by atoms with van der Waals surface area (Å²) < 4.78 is 65.7. The van der Waals surface area contributed by atoms with Crippen molar-refractivity contribution in [3.63, 3.8) is 0 Å². The van der Waals surface area contributed by atoms with Gasteiger partial charge in [0.05, 0.1) is 29.7 Å². The topological polar surface area (TPSA) is 157 Å². The lowest BCUT2D eigenvalue weighted by Gasteiger charge is -2.20. The molecule has 0 spiro atoms. The Bertz CT molecular complexity index is 1810. The van der Waals surface area contributed by atoms with Crippen LogP contribution in [0.15, 0.2) is 82.6 Å². The molecule has 0 bridgehead atoms. The van der Waals surface area contributed by atoms with Crippen LogP contribution in [0.5, 0.6) is 11.5 Å². The van der Waals surface area contributed by atoms with Crippen LogP contribution < -0.4 is 23.8 Å². The van der Waals surface area contributed by atoms with Crippen molar-refractivity contribution in [2.75, 3.05) is 35.6 Å². The third kappa shape index (κ3) is 6.61. The molecule has 1 aromatic heterocycles.